The predicted octanol–water partition coefficient (Wildman–Crippen LogP) is 1.85. The first-order valence-corrected chi connectivity index (χ1v) is 11.1. The molecule has 0 spiro atoms. The number of hydrogen-bond acceptors (Lipinski definition) is 6. The number of amides is 2. The Balaban J connectivity index is 1.50. The molecule has 9 heteroatoms. The highest BCUT2D eigenvalue weighted by Gasteiger charge is 2.26. The van der Waals surface area contributed by atoms with Gasteiger partial charge in [-0.15, -0.1) is 0 Å². The van der Waals surface area contributed by atoms with E-state index in [1.165, 1.54) is 0 Å². The number of aryl methyl sites for hydroxylation is 1. The second-order valence-corrected chi connectivity index (χ2v) is 8.48. The molecule has 4 rings (SSSR count). The third-order valence-electron chi connectivity index (χ3n) is 6.26. The van der Waals surface area contributed by atoms with Crippen LogP contribution in [0.25, 0.3) is 10.9 Å². The Morgan fingerprint density at radius 1 is 1.16 bits per heavy atom. The van der Waals surface area contributed by atoms with Gasteiger partial charge in [-0.1, -0.05) is 18.2 Å². The van der Waals surface area contributed by atoms with Crippen LogP contribution in [0, 0.1) is 6.92 Å². The minimum atomic E-state index is -1.06. The number of nitrogens with one attached hydrogen (secondary N) is 1. The number of nitrogens with zero attached hydrogens (tertiary/aromatic N) is 4. The maximum atomic E-state index is 12.6. The minimum Gasteiger partial charge on any atom is -0.465 e. The van der Waals surface area contributed by atoms with Crippen LogP contribution in [0.3, 0.4) is 0 Å². The quantitative estimate of drug-likeness (QED) is 0.731. The van der Waals surface area contributed by atoms with E-state index in [1.807, 2.05) is 43.0 Å². The number of hydrogen-bond donors (Lipinski definition) is 2. The molecule has 2 fully saturated rings. The monoisotopic (exact) mass is 441 g/mol. The highest BCUT2D eigenvalue weighted by molar-refractivity contribution is 5.85. The number of pyridine rings is 1. The van der Waals surface area contributed by atoms with Crippen molar-refractivity contribution in [3.63, 3.8) is 0 Å². The number of aromatic nitrogens is 1. The summed E-state index contributed by atoms with van der Waals surface area (Å²) in [7, 11) is 0. The van der Waals surface area contributed by atoms with E-state index in [1.54, 1.807) is 0 Å². The second kappa shape index (κ2) is 9.70. The molecule has 1 aromatic heterocycles. The molecule has 1 aromatic carbocycles. The number of benzene rings is 1. The Hall–Kier alpha value is -2.91. The van der Waals surface area contributed by atoms with E-state index >= 15 is 0 Å². The molecule has 32 heavy (non-hydrogen) atoms. The molecule has 2 amide bonds. The van der Waals surface area contributed by atoms with E-state index < -0.39 is 6.09 Å². The fourth-order valence-corrected chi connectivity index (χ4v) is 4.41. The Morgan fingerprint density at radius 2 is 1.88 bits per heavy atom. The van der Waals surface area contributed by atoms with E-state index in [0.29, 0.717) is 32.8 Å². The first-order chi connectivity index (χ1) is 15.4. The van der Waals surface area contributed by atoms with Crippen LogP contribution in [-0.4, -0.2) is 90.9 Å². The van der Waals surface area contributed by atoms with Crippen LogP contribution in [-0.2, 0) is 9.53 Å². The molecule has 2 saturated heterocycles. The molecule has 0 radical (unpaired) electrons. The highest BCUT2D eigenvalue weighted by atomic mass is 16.5. The van der Waals surface area contributed by atoms with E-state index in [2.05, 4.69) is 15.1 Å². The molecule has 172 valence electrons. The molecular formula is C23H31N5O4. The first-order valence-electron chi connectivity index (χ1n) is 11.1. The van der Waals surface area contributed by atoms with E-state index in [-0.39, 0.29) is 11.9 Å². The van der Waals surface area contributed by atoms with Crippen molar-refractivity contribution in [1.29, 1.82) is 0 Å². The van der Waals surface area contributed by atoms with Gasteiger partial charge in [-0.2, -0.15) is 0 Å². The Morgan fingerprint density at radius 3 is 2.56 bits per heavy atom. The molecule has 2 aromatic rings. The van der Waals surface area contributed by atoms with E-state index in [0.717, 1.165) is 54.0 Å². The van der Waals surface area contributed by atoms with Crippen LogP contribution >= 0.6 is 0 Å². The summed E-state index contributed by atoms with van der Waals surface area (Å²) in [6.45, 7) is 9.81. The van der Waals surface area contributed by atoms with Crippen molar-refractivity contribution >= 4 is 28.7 Å². The number of piperazine rings is 1. The Bertz CT molecular complexity index is 984. The number of ether oxygens (including phenoxy) is 1. The average Bonchev–Trinajstić information content (AvgIpc) is 2.79. The summed E-state index contributed by atoms with van der Waals surface area (Å²) >= 11 is 0. The summed E-state index contributed by atoms with van der Waals surface area (Å²) in [5.41, 5.74) is 2.88. The lowest BCUT2D eigenvalue weighted by Crippen LogP contribution is -2.52. The largest absolute Gasteiger partial charge is 0.465 e. The van der Waals surface area contributed by atoms with E-state index in [4.69, 9.17) is 9.72 Å². The number of carbonyl (C=O) groups excluding carboxylic acids is 1. The zero-order chi connectivity index (χ0) is 22.7. The summed E-state index contributed by atoms with van der Waals surface area (Å²) in [6, 6.07) is 7.68. The maximum absolute atomic E-state index is 12.6. The van der Waals surface area contributed by atoms with Crippen LogP contribution < -0.4 is 10.2 Å². The van der Waals surface area contributed by atoms with Crippen molar-refractivity contribution in [1.82, 2.24) is 20.1 Å². The average molecular weight is 442 g/mol. The van der Waals surface area contributed by atoms with Crippen LogP contribution in [0.2, 0.25) is 0 Å². The molecule has 2 aliphatic heterocycles. The molecular weight excluding hydrogens is 410 g/mol. The number of para-hydroxylation sites is 1. The minimum absolute atomic E-state index is 0.154. The maximum Gasteiger partial charge on any atom is 0.405 e. The zero-order valence-electron chi connectivity index (χ0n) is 18.7. The second-order valence-electron chi connectivity index (χ2n) is 8.48. The highest BCUT2D eigenvalue weighted by Crippen LogP contribution is 2.30. The van der Waals surface area contributed by atoms with Crippen LogP contribution in [0.4, 0.5) is 10.6 Å². The van der Waals surface area contributed by atoms with Gasteiger partial charge in [-0.05, 0) is 25.5 Å². The van der Waals surface area contributed by atoms with Crippen molar-refractivity contribution < 1.29 is 19.4 Å². The lowest BCUT2D eigenvalue weighted by molar-refractivity contribution is -0.136. The van der Waals surface area contributed by atoms with Crippen molar-refractivity contribution in [2.45, 2.75) is 19.9 Å². The van der Waals surface area contributed by atoms with Crippen LogP contribution in [0.15, 0.2) is 24.3 Å². The van der Waals surface area contributed by atoms with Gasteiger partial charge in [0.25, 0.3) is 0 Å². The van der Waals surface area contributed by atoms with Crippen molar-refractivity contribution in [2.24, 2.45) is 0 Å². The molecule has 1 atom stereocenters. The van der Waals surface area contributed by atoms with Crippen molar-refractivity contribution in [3.8, 4) is 0 Å². The lowest BCUT2D eigenvalue weighted by atomic mass is 10.0. The van der Waals surface area contributed by atoms with Gasteiger partial charge < -0.3 is 25.0 Å². The molecule has 2 aliphatic rings. The number of carboxylic acid groups (broad SMARTS) is 1. The molecule has 2 N–H and O–H groups in total. The van der Waals surface area contributed by atoms with Gasteiger partial charge in [-0.25, -0.2) is 9.78 Å². The van der Waals surface area contributed by atoms with Crippen LogP contribution in [0.1, 0.15) is 24.1 Å². The molecule has 9 nitrogen and oxygen atoms in total. The molecule has 0 bridgehead atoms. The van der Waals surface area contributed by atoms with Gasteiger partial charge in [0.05, 0.1) is 31.3 Å². The first kappa shape index (κ1) is 22.3. The van der Waals surface area contributed by atoms with Gasteiger partial charge in [-0.3, -0.25) is 9.69 Å². The number of carbonyl (C=O) groups is 2. The Labute approximate surface area is 187 Å². The van der Waals surface area contributed by atoms with Gasteiger partial charge in [0, 0.05) is 50.2 Å². The lowest BCUT2D eigenvalue weighted by Gasteiger charge is -2.37. The summed E-state index contributed by atoms with van der Waals surface area (Å²) in [5, 5.41) is 12.8. The van der Waals surface area contributed by atoms with Gasteiger partial charge in [0.15, 0.2) is 0 Å². The number of fused-ring (bicyclic) bond motifs is 1. The molecule has 3 heterocycles. The fourth-order valence-electron chi connectivity index (χ4n) is 4.41. The summed E-state index contributed by atoms with van der Waals surface area (Å²) in [6.07, 6.45) is -1.06. The Kier molecular flexibility index (Phi) is 6.76. The zero-order valence-corrected chi connectivity index (χ0v) is 18.7. The summed E-state index contributed by atoms with van der Waals surface area (Å²) in [4.78, 5) is 35.1. The van der Waals surface area contributed by atoms with Gasteiger partial charge >= 0.3 is 6.09 Å². The van der Waals surface area contributed by atoms with Crippen molar-refractivity contribution in [2.75, 3.05) is 63.9 Å². The standard InChI is InChI=1S/C23H31N5O4/c1-16-4-3-5-18-14-19(17(2)24-23(30)31)22(25-21(16)18)28-8-6-26(7-9-28)15-20(29)27-10-12-32-13-11-27/h3-5,14,17,24H,6-13,15H2,1-2H3,(H,30,31). The summed E-state index contributed by atoms with van der Waals surface area (Å²) < 4.78 is 5.33. The topological polar surface area (TPSA) is 98.2 Å². The summed E-state index contributed by atoms with van der Waals surface area (Å²) in [5.74, 6) is 0.966. The number of anilines is 1. The smallest absolute Gasteiger partial charge is 0.405 e. The van der Waals surface area contributed by atoms with Gasteiger partial charge in [0.2, 0.25) is 5.91 Å². The van der Waals surface area contributed by atoms with Gasteiger partial charge in [0.1, 0.15) is 5.82 Å². The fraction of sp³-hybridized carbons (Fsp3) is 0.522. The van der Waals surface area contributed by atoms with Crippen LogP contribution in [0.5, 0.6) is 0 Å². The third kappa shape index (κ3) is 4.94. The number of rotatable bonds is 5. The van der Waals surface area contributed by atoms with Crippen molar-refractivity contribution in [3.05, 3.63) is 35.4 Å². The molecule has 0 saturated carbocycles. The molecule has 0 aliphatic carbocycles. The number of morpholine rings is 1. The normalized spacial score (nSPS) is 18.6. The SMILES string of the molecule is Cc1cccc2cc(C(C)NC(=O)O)c(N3CCN(CC(=O)N4CCOCC4)CC3)nc12. The third-order valence-corrected chi connectivity index (χ3v) is 6.26. The molecule has 1 unspecified atom stereocenters. The predicted molar refractivity (Wildman–Crippen MR) is 122 cm³/mol. The van der Waals surface area contributed by atoms with E-state index in [9.17, 15) is 14.7 Å².